The molecular weight excluding hydrogens is 609 g/mol. The first-order chi connectivity index (χ1) is 20.5. The van der Waals surface area contributed by atoms with Gasteiger partial charge in [0.15, 0.2) is 0 Å². The number of carbonyl (C=O) groups is 2. The second kappa shape index (κ2) is 11.2. The fourth-order valence-electron chi connectivity index (χ4n) is 6.70. The van der Waals surface area contributed by atoms with E-state index >= 15 is 0 Å². The largest absolute Gasteiger partial charge is 0.490 e. The van der Waals surface area contributed by atoms with Gasteiger partial charge in [-0.25, -0.2) is 12.7 Å². The molecule has 6 rings (SSSR count). The third-order valence-corrected chi connectivity index (χ3v) is 10.4. The second-order valence-electron chi connectivity index (χ2n) is 11.2. The van der Waals surface area contributed by atoms with Crippen molar-refractivity contribution in [1.29, 1.82) is 0 Å². The van der Waals surface area contributed by atoms with Crippen LogP contribution in [0.25, 0.3) is 0 Å². The molecule has 0 aromatic heterocycles. The Balaban J connectivity index is 1.51. The molecule has 2 fully saturated rings. The molecule has 3 atom stereocenters. The molecule has 11 heteroatoms. The average molecular weight is 639 g/mol. The van der Waals surface area contributed by atoms with E-state index in [4.69, 9.17) is 34.4 Å². The zero-order valence-electron chi connectivity index (χ0n) is 23.3. The number of rotatable bonds is 5. The molecule has 0 saturated carbocycles. The number of terminal acetylenes is 1. The Labute approximate surface area is 260 Å². The van der Waals surface area contributed by atoms with Crippen LogP contribution >= 0.6 is 23.2 Å². The number of anilines is 1. The molecule has 3 aromatic rings. The van der Waals surface area contributed by atoms with Crippen LogP contribution in [0.1, 0.15) is 53.5 Å². The number of benzene rings is 3. The number of nitrogens with zero attached hydrogens (tertiary/aromatic N) is 1. The Kier molecular flexibility index (Phi) is 7.68. The van der Waals surface area contributed by atoms with E-state index in [1.165, 1.54) is 10.6 Å². The molecule has 1 spiro atoms. The minimum absolute atomic E-state index is 0.0430. The van der Waals surface area contributed by atoms with Crippen LogP contribution < -0.4 is 15.4 Å². The van der Waals surface area contributed by atoms with Crippen molar-refractivity contribution in [3.63, 3.8) is 0 Å². The predicted octanol–water partition coefficient (Wildman–Crippen LogP) is 5.01. The number of amides is 2. The Morgan fingerprint density at radius 1 is 1.02 bits per heavy atom. The van der Waals surface area contributed by atoms with E-state index in [1.54, 1.807) is 48.5 Å². The molecule has 8 nitrogen and oxygen atoms in total. The normalized spacial score (nSPS) is 24.2. The van der Waals surface area contributed by atoms with E-state index in [2.05, 4.69) is 16.6 Å². The van der Waals surface area contributed by atoms with E-state index in [-0.39, 0.29) is 24.3 Å². The second-order valence-corrected chi connectivity index (χ2v) is 14.1. The summed E-state index contributed by atoms with van der Waals surface area (Å²) >= 11 is 12.8. The van der Waals surface area contributed by atoms with Crippen LogP contribution in [-0.2, 0) is 25.0 Å². The van der Waals surface area contributed by atoms with Gasteiger partial charge < -0.3 is 15.4 Å². The van der Waals surface area contributed by atoms with Crippen molar-refractivity contribution in [1.82, 2.24) is 9.62 Å². The Morgan fingerprint density at radius 2 is 1.77 bits per heavy atom. The van der Waals surface area contributed by atoms with Gasteiger partial charge in [0.05, 0.1) is 12.3 Å². The van der Waals surface area contributed by atoms with Gasteiger partial charge in [0.2, 0.25) is 21.8 Å². The number of halogens is 2. The molecule has 0 radical (unpaired) electrons. The molecular formula is C32H29Cl2N3O5S. The lowest BCUT2D eigenvalue weighted by molar-refractivity contribution is -0.131. The number of sulfonamides is 1. The molecule has 2 saturated heterocycles. The minimum atomic E-state index is -3.31. The molecule has 43 heavy (non-hydrogen) atoms. The molecule has 2 amide bonds. The number of ether oxygens (including phenoxy) is 1. The molecule has 0 unspecified atom stereocenters. The standard InChI is InChI=1S/C32H29Cl2N3O5S/c1-3-19-7-10-28(42-23-11-13-37(14-12-23)43(2,40)41)24(15-19)30-32(25-9-8-22(34)17-27(25)35-31(32)39)26(18-29(38)36-30)20-5-4-6-21(33)16-20/h1,4-10,15-17,23,26,30H,11-14,18H2,2H3,(H,35,39)(H,36,38)/t26-,30+,32-/m0/s1. The van der Waals surface area contributed by atoms with Crippen LogP contribution in [0, 0.1) is 12.3 Å². The summed E-state index contributed by atoms with van der Waals surface area (Å²) in [6, 6.07) is 16.9. The van der Waals surface area contributed by atoms with E-state index in [0.29, 0.717) is 64.1 Å². The molecule has 3 aliphatic heterocycles. The lowest BCUT2D eigenvalue weighted by Gasteiger charge is -2.47. The molecule has 222 valence electrons. The summed E-state index contributed by atoms with van der Waals surface area (Å²) in [6.07, 6.45) is 7.75. The van der Waals surface area contributed by atoms with Crippen LogP contribution in [0.15, 0.2) is 60.7 Å². The zero-order chi connectivity index (χ0) is 30.5. The summed E-state index contributed by atoms with van der Waals surface area (Å²) in [5.74, 6) is 2.00. The average Bonchev–Trinajstić information content (AvgIpc) is 3.25. The Hall–Kier alpha value is -3.55. The van der Waals surface area contributed by atoms with Crippen LogP contribution in [0.3, 0.4) is 0 Å². The van der Waals surface area contributed by atoms with Gasteiger partial charge in [-0.15, -0.1) is 6.42 Å². The summed E-state index contributed by atoms with van der Waals surface area (Å²) in [6.45, 7) is 0.664. The summed E-state index contributed by atoms with van der Waals surface area (Å²) in [5.41, 5.74) is 1.81. The smallest absolute Gasteiger partial charge is 0.238 e. The zero-order valence-corrected chi connectivity index (χ0v) is 25.6. The van der Waals surface area contributed by atoms with Crippen LogP contribution in [-0.4, -0.2) is 50.0 Å². The van der Waals surface area contributed by atoms with Crippen molar-refractivity contribution in [2.24, 2.45) is 0 Å². The summed E-state index contributed by atoms with van der Waals surface area (Å²) in [5, 5.41) is 7.10. The summed E-state index contributed by atoms with van der Waals surface area (Å²) < 4.78 is 32.1. The first-order valence-electron chi connectivity index (χ1n) is 13.9. The molecule has 3 aliphatic rings. The third-order valence-electron chi connectivity index (χ3n) is 8.65. The molecule has 2 N–H and O–H groups in total. The highest BCUT2D eigenvalue weighted by molar-refractivity contribution is 7.88. The number of fused-ring (bicyclic) bond motifs is 2. The maximum absolute atomic E-state index is 14.4. The maximum atomic E-state index is 14.4. The van der Waals surface area contributed by atoms with Gasteiger partial charge in [0, 0.05) is 52.3 Å². The first kappa shape index (κ1) is 29.5. The fourth-order valence-corrected chi connectivity index (χ4v) is 7.95. The van der Waals surface area contributed by atoms with Crippen molar-refractivity contribution >= 4 is 50.7 Å². The topological polar surface area (TPSA) is 105 Å². The number of nitrogens with one attached hydrogen (secondary N) is 2. The van der Waals surface area contributed by atoms with Crippen molar-refractivity contribution in [2.45, 2.75) is 42.7 Å². The lowest BCUT2D eigenvalue weighted by Crippen LogP contribution is -2.57. The maximum Gasteiger partial charge on any atom is 0.238 e. The highest BCUT2D eigenvalue weighted by Gasteiger charge is 2.61. The van der Waals surface area contributed by atoms with Crippen molar-refractivity contribution in [2.75, 3.05) is 24.7 Å². The molecule has 0 aliphatic carbocycles. The first-order valence-corrected chi connectivity index (χ1v) is 16.5. The SMILES string of the molecule is C#Cc1ccc(OC2CCN(S(C)(=O)=O)CC2)c([C@H]2NC(=O)C[C@@H](c3cccc(Cl)c3)[C@]23C(=O)Nc2cc(Cl)ccc23)c1. The van der Waals surface area contributed by atoms with Crippen LogP contribution in [0.5, 0.6) is 5.75 Å². The number of piperidine rings is 2. The molecule has 3 heterocycles. The highest BCUT2D eigenvalue weighted by Crippen LogP contribution is 2.58. The van der Waals surface area contributed by atoms with Crippen molar-refractivity contribution < 1.29 is 22.7 Å². The van der Waals surface area contributed by atoms with Crippen molar-refractivity contribution in [3.05, 3.63) is 93.0 Å². The van der Waals surface area contributed by atoms with Gasteiger partial charge >= 0.3 is 0 Å². The van der Waals surface area contributed by atoms with E-state index < -0.39 is 27.4 Å². The van der Waals surface area contributed by atoms with E-state index in [0.717, 1.165) is 5.56 Å². The van der Waals surface area contributed by atoms with E-state index in [1.807, 2.05) is 12.1 Å². The number of carbonyl (C=O) groups excluding carboxylic acids is 2. The third kappa shape index (κ3) is 5.27. The summed E-state index contributed by atoms with van der Waals surface area (Å²) in [7, 11) is -3.31. The molecule has 3 aromatic carbocycles. The minimum Gasteiger partial charge on any atom is -0.490 e. The summed E-state index contributed by atoms with van der Waals surface area (Å²) in [4.78, 5) is 27.9. The fraction of sp³-hybridized carbons (Fsp3) is 0.312. The van der Waals surface area contributed by atoms with Gasteiger partial charge in [0.25, 0.3) is 0 Å². The van der Waals surface area contributed by atoms with Gasteiger partial charge in [-0.3, -0.25) is 9.59 Å². The Bertz CT molecular complexity index is 1780. The van der Waals surface area contributed by atoms with Gasteiger partial charge in [0.1, 0.15) is 17.3 Å². The number of hydrogen-bond donors (Lipinski definition) is 2. The lowest BCUT2D eigenvalue weighted by atomic mass is 9.59. The predicted molar refractivity (Wildman–Crippen MR) is 166 cm³/mol. The highest BCUT2D eigenvalue weighted by atomic mass is 35.5. The van der Waals surface area contributed by atoms with Crippen LogP contribution in [0.4, 0.5) is 5.69 Å². The van der Waals surface area contributed by atoms with Gasteiger partial charge in [-0.05, 0) is 66.4 Å². The van der Waals surface area contributed by atoms with E-state index in [9.17, 15) is 18.0 Å². The van der Waals surface area contributed by atoms with Gasteiger partial charge in [-0.1, -0.05) is 47.3 Å². The molecule has 0 bridgehead atoms. The van der Waals surface area contributed by atoms with Gasteiger partial charge in [-0.2, -0.15) is 0 Å². The quantitative estimate of drug-likeness (QED) is 0.383. The van der Waals surface area contributed by atoms with Crippen molar-refractivity contribution in [3.8, 4) is 18.1 Å². The monoisotopic (exact) mass is 637 g/mol. The Morgan fingerprint density at radius 3 is 2.47 bits per heavy atom. The number of hydrogen-bond acceptors (Lipinski definition) is 5. The van der Waals surface area contributed by atoms with Crippen LogP contribution in [0.2, 0.25) is 10.0 Å².